The second-order valence-electron chi connectivity index (χ2n) is 4.98. The van der Waals surface area contributed by atoms with E-state index in [-0.39, 0.29) is 5.56 Å². The Morgan fingerprint density at radius 2 is 2.24 bits per heavy atom. The quantitative estimate of drug-likeness (QED) is 0.812. The number of aromatic nitrogens is 3. The van der Waals surface area contributed by atoms with Crippen LogP contribution in [0.2, 0.25) is 0 Å². The van der Waals surface area contributed by atoms with Crippen LogP contribution in [0, 0.1) is 12.3 Å². The minimum Gasteiger partial charge on any atom is -0.312 e. The van der Waals surface area contributed by atoms with Crippen molar-refractivity contribution in [3.63, 3.8) is 0 Å². The van der Waals surface area contributed by atoms with Gasteiger partial charge in [-0.2, -0.15) is 5.10 Å². The lowest BCUT2D eigenvalue weighted by Gasteiger charge is -2.13. The van der Waals surface area contributed by atoms with Crippen LogP contribution in [0.5, 0.6) is 0 Å². The number of aryl methyl sites for hydroxylation is 1. The molecule has 0 amide bonds. The molecule has 2 aromatic heterocycles. The van der Waals surface area contributed by atoms with Crippen molar-refractivity contribution in [3.05, 3.63) is 34.5 Å². The number of hydrogen-bond donors (Lipinski definition) is 0. The van der Waals surface area contributed by atoms with E-state index >= 15 is 0 Å². The summed E-state index contributed by atoms with van der Waals surface area (Å²) in [6.45, 7) is 2.70. The van der Waals surface area contributed by atoms with Gasteiger partial charge in [-0.05, 0) is 31.2 Å². The Bertz CT molecular complexity index is 624. The first-order chi connectivity index (χ1) is 8.13. The van der Waals surface area contributed by atoms with Crippen molar-refractivity contribution in [2.75, 3.05) is 5.33 Å². The predicted octanol–water partition coefficient (Wildman–Crippen LogP) is 1.98. The van der Waals surface area contributed by atoms with Crippen LogP contribution >= 0.6 is 15.9 Å². The van der Waals surface area contributed by atoms with Crippen molar-refractivity contribution >= 4 is 21.4 Å². The van der Waals surface area contributed by atoms with Gasteiger partial charge in [-0.15, -0.1) is 0 Å². The number of fused-ring (bicyclic) bond motifs is 1. The molecule has 1 aliphatic rings. The summed E-state index contributed by atoms with van der Waals surface area (Å²) in [6, 6.07) is 1.84. The lowest BCUT2D eigenvalue weighted by atomic mass is 10.1. The fourth-order valence-electron chi connectivity index (χ4n) is 2.15. The lowest BCUT2D eigenvalue weighted by molar-refractivity contribution is 0.465. The standard InChI is InChI=1S/C12H14BrN3O/c1-9-6-10-11(17)15(4-5-16(10)14-9)8-12(7-13)2-3-12/h4-6H,2-3,7-8H2,1H3. The molecule has 2 aromatic rings. The molecule has 0 radical (unpaired) electrons. The summed E-state index contributed by atoms with van der Waals surface area (Å²) in [5.74, 6) is 0. The highest BCUT2D eigenvalue weighted by Gasteiger charge is 2.41. The molecule has 0 saturated heterocycles. The summed E-state index contributed by atoms with van der Waals surface area (Å²) < 4.78 is 3.46. The maximum absolute atomic E-state index is 12.3. The molecule has 0 aliphatic heterocycles. The number of rotatable bonds is 3. The third kappa shape index (κ3) is 1.82. The van der Waals surface area contributed by atoms with Gasteiger partial charge in [0.1, 0.15) is 5.52 Å². The van der Waals surface area contributed by atoms with E-state index in [0.29, 0.717) is 10.9 Å². The van der Waals surface area contributed by atoms with Gasteiger partial charge in [0.05, 0.1) is 5.69 Å². The van der Waals surface area contributed by atoms with Crippen molar-refractivity contribution in [2.24, 2.45) is 5.41 Å². The zero-order chi connectivity index (χ0) is 12.0. The molecule has 4 nitrogen and oxygen atoms in total. The lowest BCUT2D eigenvalue weighted by Crippen LogP contribution is -2.26. The van der Waals surface area contributed by atoms with E-state index < -0.39 is 0 Å². The molecule has 0 atom stereocenters. The fraction of sp³-hybridized carbons (Fsp3) is 0.500. The molecule has 3 rings (SSSR count). The molecule has 5 heteroatoms. The highest BCUT2D eigenvalue weighted by atomic mass is 79.9. The van der Waals surface area contributed by atoms with Crippen LogP contribution in [-0.2, 0) is 6.54 Å². The molecular formula is C12H14BrN3O. The van der Waals surface area contributed by atoms with Crippen LogP contribution in [0.1, 0.15) is 18.5 Å². The fourth-order valence-corrected chi connectivity index (χ4v) is 2.88. The summed E-state index contributed by atoms with van der Waals surface area (Å²) in [5, 5.41) is 5.21. The summed E-state index contributed by atoms with van der Waals surface area (Å²) in [7, 11) is 0. The van der Waals surface area contributed by atoms with Gasteiger partial charge in [0.2, 0.25) is 0 Å². The molecule has 1 aliphatic carbocycles. The Labute approximate surface area is 107 Å². The first-order valence-corrected chi connectivity index (χ1v) is 6.87. The van der Waals surface area contributed by atoms with Crippen LogP contribution in [0.15, 0.2) is 23.3 Å². The minimum absolute atomic E-state index is 0.0559. The minimum atomic E-state index is 0.0559. The molecule has 1 saturated carbocycles. The Balaban J connectivity index is 2.05. The normalized spacial score (nSPS) is 17.5. The van der Waals surface area contributed by atoms with Gasteiger partial charge in [-0.1, -0.05) is 15.9 Å². The Morgan fingerprint density at radius 1 is 1.47 bits per heavy atom. The van der Waals surface area contributed by atoms with Crippen molar-refractivity contribution in [2.45, 2.75) is 26.3 Å². The molecule has 2 heterocycles. The molecule has 17 heavy (non-hydrogen) atoms. The van der Waals surface area contributed by atoms with Gasteiger partial charge in [-0.3, -0.25) is 4.79 Å². The summed E-state index contributed by atoms with van der Waals surface area (Å²) in [5.41, 5.74) is 1.90. The van der Waals surface area contributed by atoms with E-state index in [0.717, 1.165) is 17.6 Å². The van der Waals surface area contributed by atoms with Crippen molar-refractivity contribution < 1.29 is 0 Å². The highest BCUT2D eigenvalue weighted by molar-refractivity contribution is 9.09. The van der Waals surface area contributed by atoms with Crippen LogP contribution in [0.3, 0.4) is 0 Å². The Morgan fingerprint density at radius 3 is 2.88 bits per heavy atom. The highest BCUT2D eigenvalue weighted by Crippen LogP contribution is 2.48. The van der Waals surface area contributed by atoms with Gasteiger partial charge >= 0.3 is 0 Å². The molecule has 0 N–H and O–H groups in total. The predicted molar refractivity (Wildman–Crippen MR) is 69.7 cm³/mol. The number of halogens is 1. The van der Waals surface area contributed by atoms with Gasteiger partial charge in [0.25, 0.3) is 5.56 Å². The van der Waals surface area contributed by atoms with Crippen LogP contribution < -0.4 is 5.56 Å². The third-order valence-corrected chi connectivity index (χ3v) is 4.66. The van der Waals surface area contributed by atoms with E-state index in [1.54, 1.807) is 4.52 Å². The van der Waals surface area contributed by atoms with E-state index in [1.165, 1.54) is 12.8 Å². The largest absolute Gasteiger partial charge is 0.312 e. The number of hydrogen-bond acceptors (Lipinski definition) is 2. The topological polar surface area (TPSA) is 39.3 Å². The Hall–Kier alpha value is -1.10. The smallest absolute Gasteiger partial charge is 0.276 e. The van der Waals surface area contributed by atoms with Gasteiger partial charge < -0.3 is 4.57 Å². The third-order valence-electron chi connectivity index (χ3n) is 3.47. The number of nitrogens with zero attached hydrogens (tertiary/aromatic N) is 3. The summed E-state index contributed by atoms with van der Waals surface area (Å²) in [4.78, 5) is 12.3. The molecule has 0 aromatic carbocycles. The van der Waals surface area contributed by atoms with Crippen molar-refractivity contribution in [1.29, 1.82) is 0 Å². The maximum atomic E-state index is 12.3. The molecule has 0 bridgehead atoms. The second-order valence-corrected chi connectivity index (χ2v) is 5.54. The summed E-state index contributed by atoms with van der Waals surface area (Å²) in [6.07, 6.45) is 6.10. The van der Waals surface area contributed by atoms with Gasteiger partial charge in [0, 0.05) is 24.3 Å². The van der Waals surface area contributed by atoms with Crippen LogP contribution in [-0.4, -0.2) is 19.5 Å². The zero-order valence-corrected chi connectivity index (χ0v) is 11.3. The van der Waals surface area contributed by atoms with E-state index in [4.69, 9.17) is 0 Å². The Kier molecular flexibility index (Phi) is 2.40. The van der Waals surface area contributed by atoms with E-state index in [9.17, 15) is 4.79 Å². The van der Waals surface area contributed by atoms with E-state index in [2.05, 4.69) is 21.0 Å². The van der Waals surface area contributed by atoms with Gasteiger partial charge in [-0.25, -0.2) is 4.52 Å². The second kappa shape index (κ2) is 3.70. The maximum Gasteiger partial charge on any atom is 0.276 e. The summed E-state index contributed by atoms with van der Waals surface area (Å²) >= 11 is 3.54. The average Bonchev–Trinajstić information content (AvgIpc) is 2.98. The van der Waals surface area contributed by atoms with Crippen LogP contribution in [0.25, 0.3) is 5.52 Å². The number of alkyl halides is 1. The van der Waals surface area contributed by atoms with Crippen molar-refractivity contribution in [3.8, 4) is 0 Å². The first-order valence-electron chi connectivity index (χ1n) is 5.75. The van der Waals surface area contributed by atoms with E-state index in [1.807, 2.05) is 30.0 Å². The molecule has 0 spiro atoms. The monoisotopic (exact) mass is 295 g/mol. The molecule has 1 fully saturated rings. The van der Waals surface area contributed by atoms with Crippen LogP contribution in [0.4, 0.5) is 0 Å². The molecular weight excluding hydrogens is 282 g/mol. The first kappa shape index (κ1) is 11.0. The zero-order valence-electron chi connectivity index (χ0n) is 9.69. The molecule has 0 unspecified atom stereocenters. The molecule has 90 valence electrons. The van der Waals surface area contributed by atoms with Crippen molar-refractivity contribution in [1.82, 2.24) is 14.2 Å². The average molecular weight is 296 g/mol. The SMILES string of the molecule is Cc1cc2c(=O)n(CC3(CBr)CC3)ccn2n1. The van der Waals surface area contributed by atoms with Gasteiger partial charge in [0.15, 0.2) is 0 Å².